The first-order valence-electron chi connectivity index (χ1n) is 7.99. The molecule has 0 aliphatic heterocycles. The Hall–Kier alpha value is -0.686. The van der Waals surface area contributed by atoms with E-state index in [2.05, 4.69) is 52.3 Å². The van der Waals surface area contributed by atoms with Crippen molar-refractivity contribution in [3.8, 4) is 0 Å². The molecule has 0 radical (unpaired) electrons. The van der Waals surface area contributed by atoms with Crippen molar-refractivity contribution in [2.24, 2.45) is 5.92 Å². The van der Waals surface area contributed by atoms with E-state index in [1.54, 1.807) is 0 Å². The lowest BCUT2D eigenvalue weighted by molar-refractivity contribution is 0.102. The van der Waals surface area contributed by atoms with Crippen molar-refractivity contribution < 1.29 is 13.6 Å². The van der Waals surface area contributed by atoms with Crippen LogP contribution in [0, 0.1) is 5.92 Å². The van der Waals surface area contributed by atoms with Crippen LogP contribution in [0.3, 0.4) is 0 Å². The number of ether oxygens (including phenoxy) is 1. The third-order valence-corrected chi connectivity index (χ3v) is 4.63. The Morgan fingerprint density at radius 1 is 1.14 bits per heavy atom. The Balaban J connectivity index is 3.21. The van der Waals surface area contributed by atoms with Gasteiger partial charge in [-0.05, 0) is 71.0 Å². The molecule has 122 valence electrons. The third-order valence-electron chi connectivity index (χ3n) is 3.00. The van der Waals surface area contributed by atoms with E-state index in [4.69, 9.17) is 13.6 Å². The fourth-order valence-electron chi connectivity index (χ4n) is 2.26. The quantitative estimate of drug-likeness (QED) is 0.492. The standard InChI is InChI=1S/C16H32O3Si2/c1-9-17-16(19-21(6,7)8)15-13(2)11-10-12-14(15)18-20(3,4)5/h12-13H,9-11H2,1-8H3/b16-15-. The molecule has 0 saturated heterocycles. The van der Waals surface area contributed by atoms with E-state index < -0.39 is 16.6 Å². The Morgan fingerprint density at radius 2 is 1.76 bits per heavy atom. The molecule has 0 N–H and O–H groups in total. The van der Waals surface area contributed by atoms with Crippen LogP contribution in [0.5, 0.6) is 0 Å². The van der Waals surface area contributed by atoms with Crippen LogP contribution >= 0.6 is 0 Å². The first kappa shape index (κ1) is 18.4. The van der Waals surface area contributed by atoms with E-state index >= 15 is 0 Å². The maximum absolute atomic E-state index is 6.30. The van der Waals surface area contributed by atoms with Gasteiger partial charge in [0.1, 0.15) is 5.76 Å². The van der Waals surface area contributed by atoms with Crippen LogP contribution in [0.15, 0.2) is 23.4 Å². The highest BCUT2D eigenvalue weighted by Gasteiger charge is 2.31. The van der Waals surface area contributed by atoms with Gasteiger partial charge < -0.3 is 13.6 Å². The Morgan fingerprint density at radius 3 is 2.24 bits per heavy atom. The highest BCUT2D eigenvalue weighted by atomic mass is 28.4. The van der Waals surface area contributed by atoms with Crippen molar-refractivity contribution in [1.82, 2.24) is 0 Å². The molecule has 0 amide bonds. The third kappa shape index (κ3) is 6.30. The maximum Gasteiger partial charge on any atom is 0.272 e. The Kier molecular flexibility index (Phi) is 6.16. The van der Waals surface area contributed by atoms with Crippen LogP contribution in [0.25, 0.3) is 0 Å². The van der Waals surface area contributed by atoms with Crippen LogP contribution in [-0.4, -0.2) is 23.2 Å². The first-order chi connectivity index (χ1) is 9.53. The van der Waals surface area contributed by atoms with Gasteiger partial charge in [0.25, 0.3) is 5.95 Å². The van der Waals surface area contributed by atoms with E-state index in [0.29, 0.717) is 18.5 Å². The largest absolute Gasteiger partial charge is 0.544 e. The molecule has 1 aliphatic rings. The molecule has 5 heteroatoms. The number of hydrogen-bond acceptors (Lipinski definition) is 3. The van der Waals surface area contributed by atoms with Gasteiger partial charge in [-0.3, -0.25) is 0 Å². The van der Waals surface area contributed by atoms with Crippen molar-refractivity contribution >= 4 is 16.6 Å². The van der Waals surface area contributed by atoms with Crippen LogP contribution < -0.4 is 0 Å². The molecule has 1 rings (SSSR count). The van der Waals surface area contributed by atoms with Gasteiger partial charge >= 0.3 is 0 Å². The van der Waals surface area contributed by atoms with Crippen molar-refractivity contribution in [2.75, 3.05) is 6.61 Å². The summed E-state index contributed by atoms with van der Waals surface area (Å²) in [5.74, 6) is 2.11. The van der Waals surface area contributed by atoms with E-state index in [0.717, 1.165) is 24.2 Å². The SMILES string of the molecule is CCO/C(O[Si](C)(C)C)=C1/C(O[Si](C)(C)C)=CCCC1C. The highest BCUT2D eigenvalue weighted by molar-refractivity contribution is 6.70. The number of rotatable bonds is 6. The molecule has 0 heterocycles. The molecule has 0 bridgehead atoms. The summed E-state index contributed by atoms with van der Waals surface area (Å²) in [5, 5.41) is 0. The molecule has 0 aromatic carbocycles. The second-order valence-corrected chi connectivity index (χ2v) is 16.5. The van der Waals surface area contributed by atoms with Gasteiger partial charge in [-0.15, -0.1) is 0 Å². The van der Waals surface area contributed by atoms with E-state index in [1.807, 2.05) is 6.92 Å². The summed E-state index contributed by atoms with van der Waals surface area (Å²) in [5.41, 5.74) is 1.13. The predicted octanol–water partition coefficient (Wildman–Crippen LogP) is 5.25. The maximum atomic E-state index is 6.30. The van der Waals surface area contributed by atoms with Gasteiger partial charge in [0, 0.05) is 0 Å². The van der Waals surface area contributed by atoms with E-state index in [-0.39, 0.29) is 0 Å². The van der Waals surface area contributed by atoms with E-state index in [1.165, 1.54) is 0 Å². The fraction of sp³-hybridized carbons (Fsp3) is 0.750. The summed E-state index contributed by atoms with van der Waals surface area (Å²) in [6, 6.07) is 0. The van der Waals surface area contributed by atoms with E-state index in [9.17, 15) is 0 Å². The minimum atomic E-state index is -1.71. The van der Waals surface area contributed by atoms with Crippen LogP contribution in [0.2, 0.25) is 39.3 Å². The molecule has 0 aromatic heterocycles. The highest BCUT2D eigenvalue weighted by Crippen LogP contribution is 2.36. The average Bonchev–Trinajstić information content (AvgIpc) is 2.24. The van der Waals surface area contributed by atoms with Crippen molar-refractivity contribution in [2.45, 2.75) is 66.0 Å². The summed E-state index contributed by atoms with van der Waals surface area (Å²) >= 11 is 0. The molecule has 1 unspecified atom stereocenters. The fourth-order valence-corrected chi connectivity index (χ4v) is 3.84. The molecule has 0 saturated carbocycles. The van der Waals surface area contributed by atoms with Crippen molar-refractivity contribution in [3.63, 3.8) is 0 Å². The lowest BCUT2D eigenvalue weighted by atomic mass is 9.90. The molecule has 0 aromatic rings. The lowest BCUT2D eigenvalue weighted by Gasteiger charge is -2.32. The first-order valence-corrected chi connectivity index (χ1v) is 14.8. The molecule has 1 aliphatic carbocycles. The molecule has 21 heavy (non-hydrogen) atoms. The minimum Gasteiger partial charge on any atom is -0.544 e. The second-order valence-electron chi connectivity index (χ2n) is 7.61. The van der Waals surface area contributed by atoms with Gasteiger partial charge in [0.15, 0.2) is 0 Å². The number of hydrogen-bond donors (Lipinski definition) is 0. The summed E-state index contributed by atoms with van der Waals surface area (Å²) in [6.07, 6.45) is 4.40. The molecule has 3 nitrogen and oxygen atoms in total. The normalized spacial score (nSPS) is 22.5. The molecular formula is C16H32O3Si2. The summed E-state index contributed by atoms with van der Waals surface area (Å²) in [6.45, 7) is 18.1. The molecule has 1 atom stereocenters. The second kappa shape index (κ2) is 7.05. The zero-order valence-electron chi connectivity index (χ0n) is 15.0. The van der Waals surface area contributed by atoms with Gasteiger partial charge in [-0.25, -0.2) is 0 Å². The minimum absolute atomic E-state index is 0.416. The smallest absolute Gasteiger partial charge is 0.272 e. The van der Waals surface area contributed by atoms with Gasteiger partial charge in [0.2, 0.25) is 16.6 Å². The summed E-state index contributed by atoms with van der Waals surface area (Å²) in [7, 11) is -3.36. The monoisotopic (exact) mass is 328 g/mol. The Labute approximate surface area is 132 Å². The lowest BCUT2D eigenvalue weighted by Crippen LogP contribution is -2.30. The van der Waals surface area contributed by atoms with Crippen LogP contribution in [-0.2, 0) is 13.6 Å². The van der Waals surface area contributed by atoms with Crippen molar-refractivity contribution in [3.05, 3.63) is 23.4 Å². The molecule has 0 fully saturated rings. The van der Waals surface area contributed by atoms with Gasteiger partial charge in [-0.1, -0.05) is 6.92 Å². The predicted molar refractivity (Wildman–Crippen MR) is 94.0 cm³/mol. The van der Waals surface area contributed by atoms with Crippen LogP contribution in [0.4, 0.5) is 0 Å². The van der Waals surface area contributed by atoms with Crippen LogP contribution in [0.1, 0.15) is 26.7 Å². The molecular weight excluding hydrogens is 296 g/mol. The zero-order valence-corrected chi connectivity index (χ0v) is 17.0. The Bertz CT molecular complexity index is 414. The van der Waals surface area contributed by atoms with Gasteiger partial charge in [-0.2, -0.15) is 0 Å². The average molecular weight is 329 g/mol. The van der Waals surface area contributed by atoms with Gasteiger partial charge in [0.05, 0.1) is 12.2 Å². The molecule has 0 spiro atoms. The van der Waals surface area contributed by atoms with Crippen molar-refractivity contribution in [1.29, 1.82) is 0 Å². The summed E-state index contributed by atoms with van der Waals surface area (Å²) < 4.78 is 18.4. The number of allylic oxidation sites excluding steroid dienone is 2. The topological polar surface area (TPSA) is 27.7 Å². The zero-order chi connectivity index (χ0) is 16.3. The summed E-state index contributed by atoms with van der Waals surface area (Å²) in [4.78, 5) is 0.